The van der Waals surface area contributed by atoms with Crippen LogP contribution in [0.3, 0.4) is 0 Å². The second-order valence-corrected chi connectivity index (χ2v) is 9.70. The summed E-state index contributed by atoms with van der Waals surface area (Å²) in [6.07, 6.45) is 4.12. The second-order valence-electron chi connectivity index (χ2n) is 7.19. The molecule has 3 aromatic rings. The lowest BCUT2D eigenvalue weighted by Crippen LogP contribution is -1.99. The van der Waals surface area contributed by atoms with Crippen LogP contribution in [0.4, 0.5) is 0 Å². The largest absolute Gasteiger partial charge is 0.261 e. The van der Waals surface area contributed by atoms with E-state index in [2.05, 4.69) is 63.9 Å². The zero-order valence-electron chi connectivity index (χ0n) is 15.8. The van der Waals surface area contributed by atoms with Gasteiger partial charge in [0.05, 0.1) is 0 Å². The molecule has 0 aromatic carbocycles. The van der Waals surface area contributed by atoms with Crippen molar-refractivity contribution in [2.75, 3.05) is 0 Å². The van der Waals surface area contributed by atoms with Crippen LogP contribution in [-0.2, 0) is 12.8 Å². The maximum absolute atomic E-state index is 4.51. The molecule has 0 N–H and O–H groups in total. The number of aryl methyl sites for hydroxylation is 3. The molecular formula is C22H27NS2. The van der Waals surface area contributed by atoms with E-state index >= 15 is 0 Å². The molecule has 0 aliphatic heterocycles. The van der Waals surface area contributed by atoms with Gasteiger partial charge in [0.25, 0.3) is 0 Å². The van der Waals surface area contributed by atoms with Crippen molar-refractivity contribution in [2.45, 2.75) is 59.3 Å². The lowest BCUT2D eigenvalue weighted by atomic mass is 9.99. The van der Waals surface area contributed by atoms with Gasteiger partial charge in [-0.25, -0.2) is 0 Å². The van der Waals surface area contributed by atoms with Gasteiger partial charge >= 0.3 is 0 Å². The van der Waals surface area contributed by atoms with Gasteiger partial charge in [0.2, 0.25) is 0 Å². The summed E-state index contributed by atoms with van der Waals surface area (Å²) in [7, 11) is 0. The second kappa shape index (κ2) is 7.84. The first-order valence-electron chi connectivity index (χ1n) is 9.00. The van der Waals surface area contributed by atoms with Crippen LogP contribution < -0.4 is 0 Å². The van der Waals surface area contributed by atoms with Crippen LogP contribution in [0.1, 0.15) is 62.0 Å². The van der Waals surface area contributed by atoms with E-state index in [1.165, 1.54) is 26.6 Å². The zero-order valence-corrected chi connectivity index (χ0v) is 17.4. The average Bonchev–Trinajstić information content (AvgIpc) is 3.10. The van der Waals surface area contributed by atoms with Crippen molar-refractivity contribution < 1.29 is 0 Å². The van der Waals surface area contributed by atoms with Crippen LogP contribution in [-0.4, -0.2) is 4.98 Å². The number of pyridine rings is 1. The molecule has 2 atom stereocenters. The van der Waals surface area contributed by atoms with Gasteiger partial charge in [0, 0.05) is 37.3 Å². The lowest BCUT2D eigenvalue weighted by molar-refractivity contribution is 0.739. The molecule has 3 heterocycles. The summed E-state index contributed by atoms with van der Waals surface area (Å²) in [6, 6.07) is 10.9. The lowest BCUT2D eigenvalue weighted by Gasteiger charge is -2.11. The Balaban J connectivity index is 1.72. The van der Waals surface area contributed by atoms with Gasteiger partial charge in [-0.2, -0.15) is 0 Å². The smallest absolute Gasteiger partial charge is 0.0435 e. The normalized spacial score (nSPS) is 13.8. The summed E-state index contributed by atoms with van der Waals surface area (Å²) in [5.74, 6) is 1.05. The van der Waals surface area contributed by atoms with Crippen LogP contribution in [0.15, 0.2) is 36.5 Å². The van der Waals surface area contributed by atoms with E-state index in [4.69, 9.17) is 0 Å². The molecular weight excluding hydrogens is 342 g/mol. The first kappa shape index (κ1) is 18.3. The Labute approximate surface area is 159 Å². The van der Waals surface area contributed by atoms with Crippen LogP contribution in [0.2, 0.25) is 0 Å². The molecule has 0 saturated carbocycles. The fraction of sp³-hybridized carbons (Fsp3) is 0.409. The molecule has 0 amide bonds. The molecule has 0 bridgehead atoms. The van der Waals surface area contributed by atoms with Gasteiger partial charge < -0.3 is 0 Å². The maximum Gasteiger partial charge on any atom is 0.0435 e. The van der Waals surface area contributed by atoms with Gasteiger partial charge in [-0.15, -0.1) is 22.7 Å². The van der Waals surface area contributed by atoms with E-state index in [0.717, 1.165) is 12.8 Å². The molecule has 3 heteroatoms. The summed E-state index contributed by atoms with van der Waals surface area (Å²) in [5.41, 5.74) is 4.09. The van der Waals surface area contributed by atoms with Gasteiger partial charge in [0.1, 0.15) is 0 Å². The summed E-state index contributed by atoms with van der Waals surface area (Å²) in [4.78, 5) is 10.5. The van der Waals surface area contributed by atoms with Gasteiger partial charge in [0.15, 0.2) is 0 Å². The van der Waals surface area contributed by atoms with E-state index < -0.39 is 0 Å². The van der Waals surface area contributed by atoms with Crippen LogP contribution in [0.5, 0.6) is 0 Å². The third kappa shape index (κ3) is 4.39. The van der Waals surface area contributed by atoms with E-state index in [0.29, 0.717) is 11.8 Å². The summed E-state index contributed by atoms with van der Waals surface area (Å²) < 4.78 is 0. The highest BCUT2D eigenvalue weighted by Gasteiger charge is 2.17. The average molecular weight is 370 g/mol. The van der Waals surface area contributed by atoms with Crippen molar-refractivity contribution in [2.24, 2.45) is 0 Å². The van der Waals surface area contributed by atoms with Crippen LogP contribution in [0.25, 0.3) is 0 Å². The maximum atomic E-state index is 4.51. The molecule has 0 spiro atoms. The monoisotopic (exact) mass is 369 g/mol. The zero-order chi connectivity index (χ0) is 18.0. The minimum atomic E-state index is 0.463. The SMILES string of the molecule is Cc1cc(C)c(CC(C)c2sc(CC(C)c3ccccn3)cc2C)s1. The summed E-state index contributed by atoms with van der Waals surface area (Å²) >= 11 is 3.95. The first-order chi connectivity index (χ1) is 11.9. The van der Waals surface area contributed by atoms with Gasteiger partial charge in [-0.3, -0.25) is 4.98 Å². The predicted octanol–water partition coefficient (Wildman–Crippen LogP) is 6.82. The molecule has 3 rings (SSSR count). The molecule has 0 fully saturated rings. The van der Waals surface area contributed by atoms with Crippen molar-refractivity contribution in [3.63, 3.8) is 0 Å². The quantitative estimate of drug-likeness (QED) is 0.464. The number of nitrogens with zero attached hydrogens (tertiary/aromatic N) is 1. The van der Waals surface area contributed by atoms with Crippen LogP contribution in [0, 0.1) is 20.8 Å². The molecule has 1 nitrogen and oxygen atoms in total. The third-order valence-corrected chi connectivity index (χ3v) is 7.46. The molecule has 0 aliphatic carbocycles. The van der Waals surface area contributed by atoms with Crippen molar-refractivity contribution in [1.82, 2.24) is 4.98 Å². The Morgan fingerprint density at radius 3 is 2.36 bits per heavy atom. The Hall–Kier alpha value is -1.45. The number of hydrogen-bond acceptors (Lipinski definition) is 3. The Morgan fingerprint density at radius 2 is 1.72 bits per heavy atom. The number of aromatic nitrogens is 1. The predicted molar refractivity (Wildman–Crippen MR) is 111 cm³/mol. The fourth-order valence-electron chi connectivity index (χ4n) is 3.49. The Bertz CT molecular complexity index is 829. The number of hydrogen-bond donors (Lipinski definition) is 0. The van der Waals surface area contributed by atoms with E-state index in [-0.39, 0.29) is 0 Å². The van der Waals surface area contributed by atoms with E-state index in [9.17, 15) is 0 Å². The van der Waals surface area contributed by atoms with Crippen molar-refractivity contribution in [3.8, 4) is 0 Å². The molecule has 25 heavy (non-hydrogen) atoms. The fourth-order valence-corrected chi connectivity index (χ4v) is 6.02. The molecule has 0 saturated heterocycles. The Morgan fingerprint density at radius 1 is 0.920 bits per heavy atom. The van der Waals surface area contributed by atoms with Crippen molar-refractivity contribution >= 4 is 22.7 Å². The standard InChI is InChI=1S/C22H27NS2/c1-14(20-8-6-7-9-23-20)11-19-12-16(3)22(25-19)17(4)13-21-15(2)10-18(5)24-21/h6-10,12,14,17H,11,13H2,1-5H3. The van der Waals surface area contributed by atoms with Gasteiger partial charge in [-0.1, -0.05) is 19.9 Å². The highest BCUT2D eigenvalue weighted by Crippen LogP contribution is 2.35. The Kier molecular flexibility index (Phi) is 5.75. The molecule has 132 valence electrons. The minimum absolute atomic E-state index is 0.463. The molecule has 0 radical (unpaired) electrons. The molecule has 0 aliphatic rings. The topological polar surface area (TPSA) is 12.9 Å². The van der Waals surface area contributed by atoms with E-state index in [1.807, 2.05) is 34.9 Å². The first-order valence-corrected chi connectivity index (χ1v) is 10.6. The van der Waals surface area contributed by atoms with Crippen molar-refractivity contribution in [1.29, 1.82) is 0 Å². The highest BCUT2D eigenvalue weighted by atomic mass is 32.1. The van der Waals surface area contributed by atoms with E-state index in [1.54, 1.807) is 9.75 Å². The third-order valence-electron chi connectivity index (χ3n) is 4.79. The summed E-state index contributed by atoms with van der Waals surface area (Å²) in [6.45, 7) is 11.4. The number of rotatable bonds is 6. The molecule has 3 aromatic heterocycles. The minimum Gasteiger partial charge on any atom is -0.261 e. The van der Waals surface area contributed by atoms with Crippen molar-refractivity contribution in [3.05, 3.63) is 72.9 Å². The molecule has 2 unspecified atom stereocenters. The highest BCUT2D eigenvalue weighted by molar-refractivity contribution is 7.12. The van der Waals surface area contributed by atoms with Crippen LogP contribution >= 0.6 is 22.7 Å². The number of thiophene rings is 2. The van der Waals surface area contributed by atoms with Gasteiger partial charge in [-0.05, 0) is 74.9 Å². The summed E-state index contributed by atoms with van der Waals surface area (Å²) in [5, 5.41) is 0.